The lowest BCUT2D eigenvalue weighted by Crippen LogP contribution is -2.36. The van der Waals surface area contributed by atoms with Gasteiger partial charge in [0.25, 0.3) is 0 Å². The van der Waals surface area contributed by atoms with Crippen molar-refractivity contribution in [3.05, 3.63) is 0 Å². The number of halogens is 1. The van der Waals surface area contributed by atoms with Crippen LogP contribution in [-0.2, 0) is 23.1 Å². The first-order valence-electron chi connectivity index (χ1n) is 14.0. The minimum atomic E-state index is -4.13. The molecule has 2 N–H and O–H groups in total. The van der Waals surface area contributed by atoms with E-state index in [1.807, 2.05) is 0 Å². The summed E-state index contributed by atoms with van der Waals surface area (Å²) >= 11 is 3.15. The zero-order chi connectivity index (χ0) is 26.0. The van der Waals surface area contributed by atoms with E-state index in [4.69, 9.17) is 13.8 Å². The van der Waals surface area contributed by atoms with Gasteiger partial charge in [-0.3, -0.25) is 13.8 Å². The molecule has 0 aliphatic rings. The second-order valence-electron chi connectivity index (χ2n) is 9.28. The summed E-state index contributed by atoms with van der Waals surface area (Å²) in [6, 6.07) is 0. The Bertz CT molecular complexity index is 526. The second-order valence-corrected chi connectivity index (χ2v) is 11.5. The first-order chi connectivity index (χ1) is 16.9. The van der Waals surface area contributed by atoms with Gasteiger partial charge in [0, 0.05) is 24.9 Å². The standard InChI is InChI=1S/C26H53BrNO6P/c1-3-5-7-9-10-11-12-13-14-15-17-19-26(29)28-23-25(32-21-18-16-8-6-4-2)24-34-35(30,31)33-22-20-27/h25H,3-24H2,1-2H3,(H,28,29)(H,30,31). The SMILES string of the molecule is CCCCCCCCCCCCCC(=O)NCC(COP(=O)(O)OCCBr)OCCCCCCC. The Kier molecular flexibility index (Phi) is 25.7. The molecule has 0 radical (unpaired) electrons. The van der Waals surface area contributed by atoms with Crippen molar-refractivity contribution in [2.75, 3.05) is 31.7 Å². The van der Waals surface area contributed by atoms with Gasteiger partial charge in [-0.25, -0.2) is 4.57 Å². The molecule has 0 heterocycles. The molecule has 0 saturated heterocycles. The van der Waals surface area contributed by atoms with Gasteiger partial charge < -0.3 is 14.9 Å². The fraction of sp³-hybridized carbons (Fsp3) is 0.962. The molecule has 0 rings (SSSR count). The van der Waals surface area contributed by atoms with Crippen LogP contribution in [0.2, 0.25) is 0 Å². The van der Waals surface area contributed by atoms with Gasteiger partial charge in [-0.15, -0.1) is 0 Å². The van der Waals surface area contributed by atoms with Crippen molar-refractivity contribution in [2.24, 2.45) is 0 Å². The van der Waals surface area contributed by atoms with Crippen LogP contribution in [0.4, 0.5) is 0 Å². The first-order valence-corrected chi connectivity index (χ1v) is 16.6. The predicted octanol–water partition coefficient (Wildman–Crippen LogP) is 7.69. The van der Waals surface area contributed by atoms with Gasteiger partial charge in [0.2, 0.25) is 5.91 Å². The number of amides is 1. The Hall–Kier alpha value is 0.0200. The van der Waals surface area contributed by atoms with Gasteiger partial charge in [0.15, 0.2) is 0 Å². The summed E-state index contributed by atoms with van der Waals surface area (Å²) in [7, 11) is -4.13. The third-order valence-electron chi connectivity index (χ3n) is 5.89. The van der Waals surface area contributed by atoms with E-state index in [2.05, 4.69) is 35.1 Å². The third-order valence-corrected chi connectivity index (χ3v) is 7.20. The lowest BCUT2D eigenvalue weighted by molar-refractivity contribution is -0.122. The Balaban J connectivity index is 4.08. The van der Waals surface area contributed by atoms with Crippen molar-refractivity contribution in [1.29, 1.82) is 0 Å². The van der Waals surface area contributed by atoms with Crippen molar-refractivity contribution in [3.63, 3.8) is 0 Å². The van der Waals surface area contributed by atoms with Gasteiger partial charge in [0.05, 0.1) is 19.3 Å². The van der Waals surface area contributed by atoms with E-state index in [1.54, 1.807) is 0 Å². The molecular weight excluding hydrogens is 533 g/mol. The summed E-state index contributed by atoms with van der Waals surface area (Å²) in [6.07, 6.45) is 19.3. The summed E-state index contributed by atoms with van der Waals surface area (Å²) in [4.78, 5) is 22.0. The van der Waals surface area contributed by atoms with Crippen LogP contribution in [-0.4, -0.2) is 48.6 Å². The average molecular weight is 587 g/mol. The second kappa shape index (κ2) is 25.7. The summed E-state index contributed by atoms with van der Waals surface area (Å²) < 4.78 is 27.7. The molecule has 2 unspecified atom stereocenters. The largest absolute Gasteiger partial charge is 0.472 e. The van der Waals surface area contributed by atoms with Gasteiger partial charge in [-0.1, -0.05) is 120 Å². The number of hydrogen-bond donors (Lipinski definition) is 2. The third kappa shape index (κ3) is 25.5. The number of unbranched alkanes of at least 4 members (excludes halogenated alkanes) is 14. The minimum absolute atomic E-state index is 0.0137. The Morgan fingerprint density at radius 3 is 1.86 bits per heavy atom. The number of rotatable bonds is 27. The maximum atomic E-state index is 12.3. The topological polar surface area (TPSA) is 94.1 Å². The highest BCUT2D eigenvalue weighted by molar-refractivity contribution is 9.09. The molecule has 2 atom stereocenters. The van der Waals surface area contributed by atoms with Crippen molar-refractivity contribution in [3.8, 4) is 0 Å². The average Bonchev–Trinajstić information content (AvgIpc) is 2.84. The summed E-state index contributed by atoms with van der Waals surface area (Å²) in [5, 5.41) is 3.33. The van der Waals surface area contributed by atoms with Gasteiger partial charge >= 0.3 is 7.82 Å². The molecule has 0 aromatic rings. The smallest absolute Gasteiger partial charge is 0.374 e. The molecule has 35 heavy (non-hydrogen) atoms. The summed E-state index contributed by atoms with van der Waals surface area (Å²) in [5.41, 5.74) is 0. The monoisotopic (exact) mass is 585 g/mol. The molecule has 7 nitrogen and oxygen atoms in total. The molecule has 210 valence electrons. The van der Waals surface area contributed by atoms with E-state index in [1.165, 1.54) is 77.0 Å². The molecule has 0 bridgehead atoms. The highest BCUT2D eigenvalue weighted by atomic mass is 79.9. The van der Waals surface area contributed by atoms with Crippen molar-refractivity contribution in [2.45, 2.75) is 129 Å². The highest BCUT2D eigenvalue weighted by Crippen LogP contribution is 2.43. The molecule has 0 aromatic heterocycles. The number of carbonyl (C=O) groups is 1. The molecule has 1 amide bonds. The van der Waals surface area contributed by atoms with Gasteiger partial charge in [0.1, 0.15) is 0 Å². The highest BCUT2D eigenvalue weighted by Gasteiger charge is 2.23. The van der Waals surface area contributed by atoms with E-state index in [0.29, 0.717) is 18.4 Å². The van der Waals surface area contributed by atoms with Crippen LogP contribution in [0.5, 0.6) is 0 Å². The zero-order valence-corrected chi connectivity index (χ0v) is 24.9. The lowest BCUT2D eigenvalue weighted by atomic mass is 10.1. The number of alkyl halides is 1. The number of phosphoric ester groups is 1. The maximum Gasteiger partial charge on any atom is 0.472 e. The lowest BCUT2D eigenvalue weighted by Gasteiger charge is -2.20. The number of ether oxygens (including phenoxy) is 1. The molecular formula is C26H53BrNO6P. The van der Waals surface area contributed by atoms with Crippen LogP contribution in [0, 0.1) is 0 Å². The molecule has 0 aromatic carbocycles. The van der Waals surface area contributed by atoms with Crippen molar-refractivity contribution < 1.29 is 28.0 Å². The number of carbonyl (C=O) groups excluding carboxylic acids is 1. The normalized spacial score (nSPS) is 14.1. The molecule has 9 heteroatoms. The number of phosphoric acid groups is 1. The van der Waals surface area contributed by atoms with Crippen LogP contribution < -0.4 is 5.32 Å². The minimum Gasteiger partial charge on any atom is -0.374 e. The van der Waals surface area contributed by atoms with E-state index in [9.17, 15) is 14.3 Å². The van der Waals surface area contributed by atoms with E-state index >= 15 is 0 Å². The summed E-state index contributed by atoms with van der Waals surface area (Å²) in [5.74, 6) is -0.0137. The number of hydrogen-bond acceptors (Lipinski definition) is 5. The van der Waals surface area contributed by atoms with Gasteiger partial charge in [-0.05, 0) is 12.8 Å². The van der Waals surface area contributed by atoms with E-state index in [0.717, 1.165) is 25.7 Å². The van der Waals surface area contributed by atoms with E-state index in [-0.39, 0.29) is 25.7 Å². The van der Waals surface area contributed by atoms with Crippen LogP contribution in [0.25, 0.3) is 0 Å². The van der Waals surface area contributed by atoms with E-state index < -0.39 is 13.9 Å². The fourth-order valence-corrected chi connectivity index (χ4v) is 4.92. The predicted molar refractivity (Wildman–Crippen MR) is 148 cm³/mol. The molecule has 0 saturated carbocycles. The molecule has 0 spiro atoms. The number of nitrogens with one attached hydrogen (secondary N) is 1. The Morgan fingerprint density at radius 1 is 0.800 bits per heavy atom. The molecule has 0 fully saturated rings. The first kappa shape index (κ1) is 35.0. The Labute approximate surface area is 223 Å². The van der Waals surface area contributed by atoms with Crippen molar-refractivity contribution in [1.82, 2.24) is 5.32 Å². The Morgan fingerprint density at radius 2 is 1.31 bits per heavy atom. The van der Waals surface area contributed by atoms with Crippen LogP contribution in [0.15, 0.2) is 0 Å². The van der Waals surface area contributed by atoms with Crippen LogP contribution in [0.3, 0.4) is 0 Å². The van der Waals surface area contributed by atoms with Crippen molar-refractivity contribution >= 4 is 29.7 Å². The van der Waals surface area contributed by atoms with Gasteiger partial charge in [-0.2, -0.15) is 0 Å². The maximum absolute atomic E-state index is 12.3. The van der Waals surface area contributed by atoms with Crippen LogP contribution >= 0.6 is 23.8 Å². The molecule has 0 aliphatic heterocycles. The summed E-state index contributed by atoms with van der Waals surface area (Å²) in [6.45, 7) is 5.18. The molecule has 0 aliphatic carbocycles. The zero-order valence-electron chi connectivity index (χ0n) is 22.4. The fourth-order valence-electron chi connectivity index (χ4n) is 3.75. The van der Waals surface area contributed by atoms with Crippen LogP contribution in [0.1, 0.15) is 123 Å². The quantitative estimate of drug-likeness (QED) is 0.0582.